The predicted octanol–water partition coefficient (Wildman–Crippen LogP) is 2.32. The van der Waals surface area contributed by atoms with Crippen LogP contribution in [0.15, 0.2) is 36.7 Å². The SMILES string of the molecule is CCOOC(=O)c1cnn2ccc(N(C)Cc3cc(F)ccc3O)nc12. The van der Waals surface area contributed by atoms with Crippen molar-refractivity contribution in [2.75, 3.05) is 18.6 Å². The Balaban J connectivity index is 1.87. The van der Waals surface area contributed by atoms with E-state index in [2.05, 4.69) is 19.9 Å². The number of aromatic nitrogens is 3. The molecule has 8 nitrogen and oxygen atoms in total. The maximum Gasteiger partial charge on any atom is 0.378 e. The third-order valence-corrected chi connectivity index (χ3v) is 3.67. The van der Waals surface area contributed by atoms with E-state index in [0.717, 1.165) is 0 Å². The summed E-state index contributed by atoms with van der Waals surface area (Å²) in [5.41, 5.74) is 0.864. The first kappa shape index (κ1) is 17.6. The second kappa shape index (κ2) is 7.36. The summed E-state index contributed by atoms with van der Waals surface area (Å²) < 4.78 is 14.8. The average molecular weight is 360 g/mol. The number of phenolic OH excluding ortho intramolecular Hbond substituents is 1. The highest BCUT2D eigenvalue weighted by molar-refractivity contribution is 5.95. The van der Waals surface area contributed by atoms with Gasteiger partial charge in [-0.2, -0.15) is 9.99 Å². The predicted molar refractivity (Wildman–Crippen MR) is 90.2 cm³/mol. The fourth-order valence-corrected chi connectivity index (χ4v) is 2.39. The second-order valence-electron chi connectivity index (χ2n) is 5.52. The molecule has 0 saturated heterocycles. The molecule has 0 spiro atoms. The molecule has 0 aliphatic carbocycles. The molecule has 0 atom stereocenters. The lowest BCUT2D eigenvalue weighted by Crippen LogP contribution is -2.18. The van der Waals surface area contributed by atoms with Gasteiger partial charge >= 0.3 is 5.97 Å². The molecule has 26 heavy (non-hydrogen) atoms. The third kappa shape index (κ3) is 3.57. The number of carbonyl (C=O) groups excluding carboxylic acids is 1. The summed E-state index contributed by atoms with van der Waals surface area (Å²) >= 11 is 0. The lowest BCUT2D eigenvalue weighted by atomic mass is 10.2. The zero-order valence-electron chi connectivity index (χ0n) is 14.2. The van der Waals surface area contributed by atoms with Gasteiger partial charge < -0.3 is 10.0 Å². The fraction of sp³-hybridized carbons (Fsp3) is 0.235. The van der Waals surface area contributed by atoms with Gasteiger partial charge in [-0.25, -0.2) is 18.7 Å². The minimum atomic E-state index is -0.697. The van der Waals surface area contributed by atoms with Gasteiger partial charge in [0.25, 0.3) is 0 Å². The summed E-state index contributed by atoms with van der Waals surface area (Å²) in [6.07, 6.45) is 2.98. The Morgan fingerprint density at radius 2 is 2.19 bits per heavy atom. The zero-order chi connectivity index (χ0) is 18.7. The van der Waals surface area contributed by atoms with Gasteiger partial charge in [0.1, 0.15) is 22.9 Å². The highest BCUT2D eigenvalue weighted by Crippen LogP contribution is 2.22. The maximum absolute atomic E-state index is 13.4. The molecule has 0 saturated carbocycles. The quantitative estimate of drug-likeness (QED) is 0.533. The van der Waals surface area contributed by atoms with E-state index in [4.69, 9.17) is 0 Å². The maximum atomic E-state index is 13.4. The second-order valence-corrected chi connectivity index (χ2v) is 5.52. The van der Waals surface area contributed by atoms with Crippen molar-refractivity contribution >= 4 is 17.4 Å². The summed E-state index contributed by atoms with van der Waals surface area (Å²) in [6.45, 7) is 2.14. The number of rotatable bonds is 6. The summed E-state index contributed by atoms with van der Waals surface area (Å²) in [6, 6.07) is 5.43. The highest BCUT2D eigenvalue weighted by atomic mass is 19.1. The minimum Gasteiger partial charge on any atom is -0.508 e. The van der Waals surface area contributed by atoms with Crippen molar-refractivity contribution in [3.63, 3.8) is 0 Å². The first-order valence-corrected chi connectivity index (χ1v) is 7.86. The molecule has 2 aromatic heterocycles. The van der Waals surface area contributed by atoms with E-state index in [9.17, 15) is 14.3 Å². The van der Waals surface area contributed by atoms with Gasteiger partial charge in [-0.3, -0.25) is 4.89 Å². The topological polar surface area (TPSA) is 89.2 Å². The third-order valence-electron chi connectivity index (χ3n) is 3.67. The van der Waals surface area contributed by atoms with Crippen LogP contribution in [0.4, 0.5) is 10.2 Å². The van der Waals surface area contributed by atoms with E-state index in [1.807, 2.05) is 0 Å². The lowest BCUT2D eigenvalue weighted by Gasteiger charge is -2.19. The Kier molecular flexibility index (Phi) is 4.99. The minimum absolute atomic E-state index is 0.00957. The van der Waals surface area contributed by atoms with Crippen LogP contribution in [0.5, 0.6) is 5.75 Å². The molecular weight excluding hydrogens is 343 g/mol. The van der Waals surface area contributed by atoms with E-state index in [0.29, 0.717) is 17.0 Å². The molecule has 0 fully saturated rings. The van der Waals surface area contributed by atoms with Crippen molar-refractivity contribution in [2.24, 2.45) is 0 Å². The number of hydrogen-bond donors (Lipinski definition) is 1. The number of nitrogens with zero attached hydrogens (tertiary/aromatic N) is 4. The van der Waals surface area contributed by atoms with Crippen LogP contribution in [0, 0.1) is 5.82 Å². The fourth-order valence-electron chi connectivity index (χ4n) is 2.39. The van der Waals surface area contributed by atoms with Gasteiger partial charge in [-0.05, 0) is 31.2 Å². The van der Waals surface area contributed by atoms with Crippen molar-refractivity contribution in [1.82, 2.24) is 14.6 Å². The van der Waals surface area contributed by atoms with E-state index in [1.165, 1.54) is 28.9 Å². The Morgan fingerprint density at radius 1 is 1.38 bits per heavy atom. The number of phenols is 1. The Morgan fingerprint density at radius 3 is 2.96 bits per heavy atom. The van der Waals surface area contributed by atoms with Gasteiger partial charge in [0.2, 0.25) is 0 Å². The zero-order valence-corrected chi connectivity index (χ0v) is 14.2. The molecule has 3 rings (SSSR count). The molecule has 0 radical (unpaired) electrons. The molecule has 1 aromatic carbocycles. The molecule has 2 heterocycles. The van der Waals surface area contributed by atoms with Crippen molar-refractivity contribution in [3.8, 4) is 5.75 Å². The van der Waals surface area contributed by atoms with E-state index < -0.39 is 11.8 Å². The van der Waals surface area contributed by atoms with Crippen LogP contribution in [0.25, 0.3) is 5.65 Å². The van der Waals surface area contributed by atoms with Crippen LogP contribution < -0.4 is 4.90 Å². The van der Waals surface area contributed by atoms with Gasteiger partial charge in [0, 0.05) is 25.4 Å². The molecule has 0 unspecified atom stereocenters. The number of anilines is 1. The van der Waals surface area contributed by atoms with Crippen LogP contribution in [0.3, 0.4) is 0 Å². The lowest BCUT2D eigenvalue weighted by molar-refractivity contribution is -0.236. The first-order valence-electron chi connectivity index (χ1n) is 7.86. The number of hydrogen-bond acceptors (Lipinski definition) is 7. The van der Waals surface area contributed by atoms with Crippen LogP contribution >= 0.6 is 0 Å². The van der Waals surface area contributed by atoms with Crippen molar-refractivity contribution in [1.29, 1.82) is 0 Å². The number of carbonyl (C=O) groups is 1. The Bertz CT molecular complexity index is 944. The van der Waals surface area contributed by atoms with Crippen LogP contribution in [0.2, 0.25) is 0 Å². The number of fused-ring (bicyclic) bond motifs is 1. The van der Waals surface area contributed by atoms with Crippen molar-refractivity contribution in [2.45, 2.75) is 13.5 Å². The molecule has 0 aliphatic rings. The van der Waals surface area contributed by atoms with Crippen LogP contribution in [-0.2, 0) is 16.3 Å². The Hall–Kier alpha value is -3.20. The monoisotopic (exact) mass is 360 g/mol. The molecule has 9 heteroatoms. The van der Waals surface area contributed by atoms with Gasteiger partial charge in [0.05, 0.1) is 12.8 Å². The van der Waals surface area contributed by atoms with Crippen LogP contribution in [0.1, 0.15) is 22.8 Å². The smallest absolute Gasteiger partial charge is 0.378 e. The largest absolute Gasteiger partial charge is 0.508 e. The molecular formula is C17H17FN4O4. The van der Waals surface area contributed by atoms with Crippen molar-refractivity contribution < 1.29 is 24.1 Å². The number of halogens is 1. The standard InChI is InChI=1S/C17H17FN4O4/c1-3-25-26-17(24)13-9-19-22-7-6-15(20-16(13)22)21(2)10-11-8-12(18)4-5-14(11)23/h4-9,23H,3,10H2,1-2H3. The summed E-state index contributed by atoms with van der Waals surface area (Å²) in [5.74, 6) is -0.639. The van der Waals surface area contributed by atoms with Gasteiger partial charge in [-0.15, -0.1) is 0 Å². The summed E-state index contributed by atoms with van der Waals surface area (Å²) in [5, 5.41) is 13.9. The normalized spacial score (nSPS) is 10.9. The van der Waals surface area contributed by atoms with E-state index in [-0.39, 0.29) is 24.5 Å². The number of aromatic hydroxyl groups is 1. The first-order chi connectivity index (χ1) is 12.5. The van der Waals surface area contributed by atoms with E-state index >= 15 is 0 Å². The summed E-state index contributed by atoms with van der Waals surface area (Å²) in [4.78, 5) is 27.4. The average Bonchev–Trinajstić information content (AvgIpc) is 3.06. The number of benzene rings is 1. The van der Waals surface area contributed by atoms with Crippen LogP contribution in [-0.4, -0.2) is 39.3 Å². The Labute approximate surface area is 148 Å². The molecule has 0 amide bonds. The summed E-state index contributed by atoms with van der Waals surface area (Å²) in [7, 11) is 1.73. The van der Waals surface area contributed by atoms with Gasteiger partial charge in [-0.1, -0.05) is 0 Å². The molecule has 136 valence electrons. The molecule has 0 bridgehead atoms. The highest BCUT2D eigenvalue weighted by Gasteiger charge is 2.18. The molecule has 3 aromatic rings. The van der Waals surface area contributed by atoms with Gasteiger partial charge in [0.15, 0.2) is 5.65 Å². The molecule has 0 aliphatic heterocycles. The molecule has 1 N–H and O–H groups in total. The van der Waals surface area contributed by atoms with Crippen molar-refractivity contribution in [3.05, 3.63) is 53.6 Å². The van der Waals surface area contributed by atoms with E-state index in [1.54, 1.807) is 31.1 Å².